The second kappa shape index (κ2) is 7.78. The second-order valence-corrected chi connectivity index (χ2v) is 5.56. The minimum Gasteiger partial charge on any atom is -0.480 e. The average Bonchev–Trinajstić information content (AvgIpc) is 3.01. The normalized spacial score (nSPS) is 11.9. The molecule has 0 fully saturated rings. The Hall–Kier alpha value is -2.34. The number of amides is 1. The Balaban J connectivity index is 2.08. The standard InChI is InChI=1S/C16H18ClN3O3/c1-2-3-4-14(16(22)23)18-15(21)13-9-10-20(19-13)12-7-5-11(17)6-8-12/h5-10,14H,2-4H2,1H3,(H,18,21)(H,22,23)/t14-/m0/s1. The van der Waals surface area contributed by atoms with Crippen LogP contribution in [0.1, 0.15) is 36.7 Å². The van der Waals surface area contributed by atoms with Crippen molar-refractivity contribution in [2.45, 2.75) is 32.2 Å². The van der Waals surface area contributed by atoms with Gasteiger partial charge < -0.3 is 10.4 Å². The van der Waals surface area contributed by atoms with Gasteiger partial charge in [0.05, 0.1) is 5.69 Å². The zero-order valence-corrected chi connectivity index (χ0v) is 13.5. The molecule has 0 spiro atoms. The van der Waals surface area contributed by atoms with Crippen molar-refractivity contribution in [3.05, 3.63) is 47.2 Å². The SMILES string of the molecule is CCCC[C@H](NC(=O)c1ccn(-c2ccc(Cl)cc2)n1)C(=O)O. The number of aromatic nitrogens is 2. The van der Waals surface area contributed by atoms with Gasteiger partial charge in [0.2, 0.25) is 0 Å². The maximum absolute atomic E-state index is 12.2. The van der Waals surface area contributed by atoms with Crippen LogP contribution in [0.15, 0.2) is 36.5 Å². The molecule has 122 valence electrons. The Morgan fingerprint density at radius 3 is 2.61 bits per heavy atom. The smallest absolute Gasteiger partial charge is 0.326 e. The van der Waals surface area contributed by atoms with Crippen LogP contribution in [0.4, 0.5) is 0 Å². The predicted octanol–water partition coefficient (Wildman–Crippen LogP) is 2.90. The Labute approximate surface area is 139 Å². The first-order valence-corrected chi connectivity index (χ1v) is 7.74. The number of unbranched alkanes of at least 4 members (excludes halogenated alkanes) is 1. The van der Waals surface area contributed by atoms with Crippen molar-refractivity contribution in [3.63, 3.8) is 0 Å². The number of hydrogen-bond donors (Lipinski definition) is 2. The van der Waals surface area contributed by atoms with E-state index >= 15 is 0 Å². The van der Waals surface area contributed by atoms with Gasteiger partial charge in [-0.3, -0.25) is 4.79 Å². The van der Waals surface area contributed by atoms with E-state index in [4.69, 9.17) is 16.7 Å². The number of aliphatic carboxylic acids is 1. The minimum atomic E-state index is -1.04. The van der Waals surface area contributed by atoms with Gasteiger partial charge in [0.25, 0.3) is 5.91 Å². The highest BCUT2D eigenvalue weighted by molar-refractivity contribution is 6.30. The Bertz CT molecular complexity index is 682. The fraction of sp³-hybridized carbons (Fsp3) is 0.312. The van der Waals surface area contributed by atoms with Gasteiger partial charge in [0, 0.05) is 11.2 Å². The zero-order chi connectivity index (χ0) is 16.8. The molecule has 1 heterocycles. The lowest BCUT2D eigenvalue weighted by Crippen LogP contribution is -2.40. The molecule has 0 aliphatic rings. The molecular formula is C16H18ClN3O3. The highest BCUT2D eigenvalue weighted by Crippen LogP contribution is 2.13. The van der Waals surface area contributed by atoms with E-state index in [9.17, 15) is 9.59 Å². The predicted molar refractivity (Wildman–Crippen MR) is 87.0 cm³/mol. The molecule has 0 saturated carbocycles. The van der Waals surface area contributed by atoms with E-state index in [0.29, 0.717) is 11.4 Å². The number of halogens is 1. The van der Waals surface area contributed by atoms with Crippen molar-refractivity contribution >= 4 is 23.5 Å². The van der Waals surface area contributed by atoms with Gasteiger partial charge in [-0.05, 0) is 36.8 Å². The molecule has 0 saturated heterocycles. The van der Waals surface area contributed by atoms with Crippen LogP contribution in [-0.4, -0.2) is 32.8 Å². The van der Waals surface area contributed by atoms with Crippen LogP contribution in [0.25, 0.3) is 5.69 Å². The first kappa shape index (κ1) is 17.0. The molecule has 2 rings (SSSR count). The third kappa shape index (κ3) is 4.56. The Kier molecular flexibility index (Phi) is 5.76. The molecule has 7 heteroatoms. The van der Waals surface area contributed by atoms with Crippen molar-refractivity contribution in [2.75, 3.05) is 0 Å². The van der Waals surface area contributed by atoms with E-state index < -0.39 is 17.9 Å². The largest absolute Gasteiger partial charge is 0.480 e. The summed E-state index contributed by atoms with van der Waals surface area (Å²) >= 11 is 5.83. The molecule has 0 aliphatic heterocycles. The molecule has 1 atom stereocenters. The molecule has 1 amide bonds. The van der Waals surface area contributed by atoms with Gasteiger partial charge >= 0.3 is 5.97 Å². The number of rotatable bonds is 7. The van der Waals surface area contributed by atoms with Crippen molar-refractivity contribution in [2.24, 2.45) is 0 Å². The van der Waals surface area contributed by atoms with Crippen molar-refractivity contribution in [1.29, 1.82) is 0 Å². The highest BCUT2D eigenvalue weighted by Gasteiger charge is 2.21. The number of carbonyl (C=O) groups excluding carboxylic acids is 1. The maximum Gasteiger partial charge on any atom is 0.326 e. The molecule has 0 aliphatic carbocycles. The van der Waals surface area contributed by atoms with E-state index in [-0.39, 0.29) is 5.69 Å². The number of carbonyl (C=O) groups is 2. The van der Waals surface area contributed by atoms with Crippen LogP contribution in [0, 0.1) is 0 Å². The summed E-state index contributed by atoms with van der Waals surface area (Å²) in [4.78, 5) is 23.3. The fourth-order valence-electron chi connectivity index (χ4n) is 2.08. The highest BCUT2D eigenvalue weighted by atomic mass is 35.5. The number of nitrogens with one attached hydrogen (secondary N) is 1. The van der Waals surface area contributed by atoms with Gasteiger partial charge in [-0.25, -0.2) is 9.48 Å². The second-order valence-electron chi connectivity index (χ2n) is 5.13. The molecular weight excluding hydrogens is 318 g/mol. The third-order valence-corrected chi connectivity index (χ3v) is 3.61. The van der Waals surface area contributed by atoms with Crippen LogP contribution in [0.3, 0.4) is 0 Å². The van der Waals surface area contributed by atoms with Crippen LogP contribution in [-0.2, 0) is 4.79 Å². The van der Waals surface area contributed by atoms with E-state index in [0.717, 1.165) is 18.5 Å². The molecule has 23 heavy (non-hydrogen) atoms. The monoisotopic (exact) mass is 335 g/mol. The van der Waals surface area contributed by atoms with Gasteiger partial charge in [0.15, 0.2) is 5.69 Å². The number of nitrogens with zero attached hydrogens (tertiary/aromatic N) is 2. The molecule has 0 radical (unpaired) electrons. The van der Waals surface area contributed by atoms with Crippen molar-refractivity contribution in [1.82, 2.24) is 15.1 Å². The van der Waals surface area contributed by atoms with Gasteiger partial charge in [-0.2, -0.15) is 5.10 Å². The molecule has 0 unspecified atom stereocenters. The minimum absolute atomic E-state index is 0.169. The van der Waals surface area contributed by atoms with Crippen LogP contribution >= 0.6 is 11.6 Å². The number of benzene rings is 1. The van der Waals surface area contributed by atoms with Crippen molar-refractivity contribution in [3.8, 4) is 5.69 Å². The molecule has 6 nitrogen and oxygen atoms in total. The lowest BCUT2D eigenvalue weighted by atomic mass is 10.1. The molecule has 0 bridgehead atoms. The summed E-state index contributed by atoms with van der Waals surface area (Å²) in [5, 5.41) is 16.4. The molecule has 1 aromatic carbocycles. The summed E-state index contributed by atoms with van der Waals surface area (Å²) in [5.74, 6) is -1.54. The van der Waals surface area contributed by atoms with Crippen molar-refractivity contribution < 1.29 is 14.7 Å². The fourth-order valence-corrected chi connectivity index (χ4v) is 2.21. The lowest BCUT2D eigenvalue weighted by molar-refractivity contribution is -0.139. The van der Waals surface area contributed by atoms with E-state index in [1.165, 1.54) is 4.68 Å². The molecule has 2 N–H and O–H groups in total. The average molecular weight is 336 g/mol. The number of hydrogen-bond acceptors (Lipinski definition) is 3. The van der Waals surface area contributed by atoms with E-state index in [1.807, 2.05) is 6.92 Å². The van der Waals surface area contributed by atoms with Gasteiger partial charge in [-0.15, -0.1) is 0 Å². The molecule has 2 aromatic rings. The Morgan fingerprint density at radius 2 is 2.00 bits per heavy atom. The summed E-state index contributed by atoms with van der Waals surface area (Å²) in [6, 6.07) is 7.65. The van der Waals surface area contributed by atoms with Gasteiger partial charge in [0.1, 0.15) is 6.04 Å². The summed E-state index contributed by atoms with van der Waals surface area (Å²) in [6.07, 6.45) is 3.64. The van der Waals surface area contributed by atoms with Gasteiger partial charge in [-0.1, -0.05) is 31.4 Å². The number of carboxylic acid groups (broad SMARTS) is 1. The topological polar surface area (TPSA) is 84.2 Å². The quantitative estimate of drug-likeness (QED) is 0.814. The van der Waals surface area contributed by atoms with Crippen LogP contribution in [0.2, 0.25) is 5.02 Å². The van der Waals surface area contributed by atoms with E-state index in [2.05, 4.69) is 10.4 Å². The number of carboxylic acids is 1. The first-order chi connectivity index (χ1) is 11.0. The Morgan fingerprint density at radius 1 is 1.30 bits per heavy atom. The van der Waals surface area contributed by atoms with Crippen LogP contribution < -0.4 is 5.32 Å². The molecule has 1 aromatic heterocycles. The maximum atomic E-state index is 12.2. The zero-order valence-electron chi connectivity index (χ0n) is 12.7. The summed E-state index contributed by atoms with van der Waals surface area (Å²) in [7, 11) is 0. The lowest BCUT2D eigenvalue weighted by Gasteiger charge is -2.12. The summed E-state index contributed by atoms with van der Waals surface area (Å²) < 4.78 is 1.53. The third-order valence-electron chi connectivity index (χ3n) is 3.36. The van der Waals surface area contributed by atoms with Crippen LogP contribution in [0.5, 0.6) is 0 Å². The summed E-state index contributed by atoms with van der Waals surface area (Å²) in [6.45, 7) is 1.97. The van der Waals surface area contributed by atoms with E-state index in [1.54, 1.807) is 36.5 Å². The first-order valence-electron chi connectivity index (χ1n) is 7.36. The summed E-state index contributed by atoms with van der Waals surface area (Å²) in [5.41, 5.74) is 0.928.